The molecule has 1 aromatic carbocycles. The quantitative estimate of drug-likeness (QED) is 0.673. The van der Waals surface area contributed by atoms with Gasteiger partial charge in [-0.2, -0.15) is 0 Å². The highest BCUT2D eigenvalue weighted by molar-refractivity contribution is 7.91. The Morgan fingerprint density at radius 3 is 2.34 bits per heavy atom. The highest BCUT2D eigenvalue weighted by Gasteiger charge is 2.42. The molecule has 2 N–H and O–H groups in total. The minimum atomic E-state index is -3.13. The van der Waals surface area contributed by atoms with Crippen LogP contribution >= 0.6 is 0 Å². The standard InChI is InChI=1S/C21H27N3O4S/c25-20(23-18-13-29(27,28)14-19(18)24-11-1-2-12-24)10-5-15-3-6-16(7-4-15)21(26)22-17-8-9-17/h3-7,10,17-19H,1-2,8-9,11-14H2,(H,22,26)(H,23,25)/b10-5+. The lowest BCUT2D eigenvalue weighted by Gasteiger charge is -2.28. The molecule has 8 heteroatoms. The molecule has 0 aromatic heterocycles. The Morgan fingerprint density at radius 1 is 1.00 bits per heavy atom. The van der Waals surface area contributed by atoms with Crippen LogP contribution in [-0.2, 0) is 14.6 Å². The lowest BCUT2D eigenvalue weighted by atomic mass is 10.1. The van der Waals surface area contributed by atoms with Crippen molar-refractivity contribution in [2.45, 2.75) is 43.8 Å². The second-order valence-electron chi connectivity index (χ2n) is 8.21. The zero-order valence-corrected chi connectivity index (χ0v) is 17.2. The first-order valence-corrected chi connectivity index (χ1v) is 12.1. The fourth-order valence-corrected chi connectivity index (χ4v) is 6.00. The predicted molar refractivity (Wildman–Crippen MR) is 111 cm³/mol. The van der Waals surface area contributed by atoms with Gasteiger partial charge in [0.25, 0.3) is 5.91 Å². The molecule has 0 bridgehead atoms. The van der Waals surface area contributed by atoms with Gasteiger partial charge < -0.3 is 10.6 Å². The van der Waals surface area contributed by atoms with Gasteiger partial charge in [0, 0.05) is 23.7 Å². The van der Waals surface area contributed by atoms with Crippen molar-refractivity contribution in [2.75, 3.05) is 24.6 Å². The van der Waals surface area contributed by atoms with E-state index in [1.807, 2.05) is 0 Å². The molecule has 2 atom stereocenters. The molecule has 3 fully saturated rings. The summed E-state index contributed by atoms with van der Waals surface area (Å²) in [5.41, 5.74) is 1.40. The first kappa shape index (κ1) is 20.1. The van der Waals surface area contributed by atoms with Crippen molar-refractivity contribution in [3.05, 3.63) is 41.5 Å². The second-order valence-corrected chi connectivity index (χ2v) is 10.4. The summed E-state index contributed by atoms with van der Waals surface area (Å²) in [5.74, 6) is -0.257. The van der Waals surface area contributed by atoms with Crippen molar-refractivity contribution in [3.8, 4) is 0 Å². The summed E-state index contributed by atoms with van der Waals surface area (Å²) in [6.07, 6.45) is 7.33. The molecule has 156 valence electrons. The topological polar surface area (TPSA) is 95.6 Å². The van der Waals surface area contributed by atoms with Gasteiger partial charge in [0.15, 0.2) is 9.84 Å². The average Bonchev–Trinajstić information content (AvgIpc) is 3.22. The summed E-state index contributed by atoms with van der Waals surface area (Å²) in [5, 5.41) is 5.82. The van der Waals surface area contributed by atoms with Gasteiger partial charge in [0.1, 0.15) is 0 Å². The predicted octanol–water partition coefficient (Wildman–Crippen LogP) is 0.970. The minimum Gasteiger partial charge on any atom is -0.349 e. The van der Waals surface area contributed by atoms with Crippen LogP contribution in [-0.4, -0.2) is 67.9 Å². The number of sulfone groups is 1. The maximum absolute atomic E-state index is 12.4. The van der Waals surface area contributed by atoms with E-state index in [0.29, 0.717) is 11.6 Å². The molecule has 2 unspecified atom stereocenters. The van der Waals surface area contributed by atoms with Crippen LogP contribution in [0.4, 0.5) is 0 Å². The summed E-state index contributed by atoms with van der Waals surface area (Å²) in [6.45, 7) is 1.78. The first-order valence-electron chi connectivity index (χ1n) is 10.2. The third-order valence-electron chi connectivity index (χ3n) is 5.77. The Morgan fingerprint density at radius 2 is 1.69 bits per heavy atom. The molecule has 2 heterocycles. The number of hydrogen-bond donors (Lipinski definition) is 2. The number of amides is 2. The third-order valence-corrected chi connectivity index (χ3v) is 7.49. The fourth-order valence-electron chi connectivity index (χ4n) is 4.04. The van der Waals surface area contributed by atoms with E-state index < -0.39 is 9.84 Å². The zero-order valence-electron chi connectivity index (χ0n) is 16.3. The highest BCUT2D eigenvalue weighted by Crippen LogP contribution is 2.23. The Balaban J connectivity index is 1.34. The lowest BCUT2D eigenvalue weighted by Crippen LogP contribution is -2.49. The lowest BCUT2D eigenvalue weighted by molar-refractivity contribution is -0.117. The summed E-state index contributed by atoms with van der Waals surface area (Å²) < 4.78 is 24.2. The van der Waals surface area contributed by atoms with E-state index in [1.54, 1.807) is 30.3 Å². The first-order chi connectivity index (χ1) is 13.9. The number of benzene rings is 1. The molecule has 1 aromatic rings. The number of hydrogen-bond acceptors (Lipinski definition) is 5. The Hall–Kier alpha value is -2.19. The Kier molecular flexibility index (Phi) is 5.74. The van der Waals surface area contributed by atoms with Crippen molar-refractivity contribution in [1.82, 2.24) is 15.5 Å². The van der Waals surface area contributed by atoms with Gasteiger partial charge in [-0.1, -0.05) is 12.1 Å². The van der Waals surface area contributed by atoms with Gasteiger partial charge in [0.05, 0.1) is 17.5 Å². The van der Waals surface area contributed by atoms with Crippen molar-refractivity contribution < 1.29 is 18.0 Å². The van der Waals surface area contributed by atoms with Gasteiger partial charge in [-0.05, 0) is 62.5 Å². The van der Waals surface area contributed by atoms with Crippen LogP contribution in [0, 0.1) is 0 Å². The van der Waals surface area contributed by atoms with Crippen LogP contribution in [0.5, 0.6) is 0 Å². The molecule has 2 saturated heterocycles. The molecule has 1 saturated carbocycles. The normalized spacial score (nSPS) is 26.6. The number of carbonyl (C=O) groups is 2. The van der Waals surface area contributed by atoms with Gasteiger partial charge in [-0.3, -0.25) is 14.5 Å². The van der Waals surface area contributed by atoms with Crippen molar-refractivity contribution in [3.63, 3.8) is 0 Å². The molecule has 7 nitrogen and oxygen atoms in total. The SMILES string of the molecule is O=C(/C=C/c1ccc(C(=O)NC2CC2)cc1)NC1CS(=O)(=O)CC1N1CCCC1. The largest absolute Gasteiger partial charge is 0.349 e. The van der Waals surface area contributed by atoms with Crippen molar-refractivity contribution in [1.29, 1.82) is 0 Å². The van der Waals surface area contributed by atoms with Gasteiger partial charge in [0.2, 0.25) is 5.91 Å². The Bertz CT molecular complexity index is 900. The molecule has 0 radical (unpaired) electrons. The minimum absolute atomic E-state index is 0.00144. The smallest absolute Gasteiger partial charge is 0.251 e. The molecule has 4 rings (SSSR count). The van der Waals surface area contributed by atoms with E-state index >= 15 is 0 Å². The maximum Gasteiger partial charge on any atom is 0.251 e. The molecular formula is C21H27N3O4S. The van der Waals surface area contributed by atoms with Crippen molar-refractivity contribution in [2.24, 2.45) is 0 Å². The van der Waals surface area contributed by atoms with Crippen LogP contribution in [0.25, 0.3) is 6.08 Å². The van der Waals surface area contributed by atoms with Crippen LogP contribution in [0.15, 0.2) is 30.3 Å². The van der Waals surface area contributed by atoms with Crippen LogP contribution in [0.3, 0.4) is 0 Å². The molecule has 29 heavy (non-hydrogen) atoms. The third kappa shape index (κ3) is 5.25. The molecule has 2 amide bonds. The van der Waals surface area contributed by atoms with Crippen molar-refractivity contribution >= 4 is 27.7 Å². The van der Waals surface area contributed by atoms with E-state index in [4.69, 9.17) is 0 Å². The van der Waals surface area contributed by atoms with E-state index in [0.717, 1.165) is 44.3 Å². The fraction of sp³-hybridized carbons (Fsp3) is 0.524. The number of nitrogens with zero attached hydrogens (tertiary/aromatic N) is 1. The summed E-state index contributed by atoms with van der Waals surface area (Å²) in [7, 11) is -3.13. The van der Waals surface area contributed by atoms with E-state index in [-0.39, 0.29) is 35.4 Å². The summed E-state index contributed by atoms with van der Waals surface area (Å²) in [6, 6.07) is 6.87. The van der Waals surface area contributed by atoms with Gasteiger partial charge in [-0.25, -0.2) is 8.42 Å². The molecular weight excluding hydrogens is 390 g/mol. The number of nitrogens with one attached hydrogen (secondary N) is 2. The molecule has 2 aliphatic heterocycles. The maximum atomic E-state index is 12.4. The van der Waals surface area contributed by atoms with E-state index in [1.165, 1.54) is 6.08 Å². The van der Waals surface area contributed by atoms with Gasteiger partial charge in [-0.15, -0.1) is 0 Å². The van der Waals surface area contributed by atoms with Gasteiger partial charge >= 0.3 is 0 Å². The van der Waals surface area contributed by atoms with E-state index in [9.17, 15) is 18.0 Å². The summed E-state index contributed by atoms with van der Waals surface area (Å²) >= 11 is 0. The van der Waals surface area contributed by atoms with Crippen LogP contribution in [0.1, 0.15) is 41.6 Å². The highest BCUT2D eigenvalue weighted by atomic mass is 32.2. The number of carbonyl (C=O) groups excluding carboxylic acids is 2. The molecule has 1 aliphatic carbocycles. The average molecular weight is 418 g/mol. The number of likely N-dealkylation sites (tertiary alicyclic amines) is 1. The zero-order chi connectivity index (χ0) is 20.4. The Labute approximate surface area is 171 Å². The molecule has 3 aliphatic rings. The van der Waals surface area contributed by atoms with E-state index in [2.05, 4.69) is 15.5 Å². The molecule has 0 spiro atoms. The summed E-state index contributed by atoms with van der Waals surface area (Å²) in [4.78, 5) is 26.6. The van der Waals surface area contributed by atoms with Crippen LogP contribution in [0.2, 0.25) is 0 Å². The monoisotopic (exact) mass is 417 g/mol. The number of rotatable bonds is 6. The second kappa shape index (κ2) is 8.28. The van der Waals surface area contributed by atoms with Crippen LogP contribution < -0.4 is 10.6 Å².